The van der Waals surface area contributed by atoms with Crippen molar-refractivity contribution < 1.29 is 22.4 Å². The molecule has 0 saturated carbocycles. The van der Waals surface area contributed by atoms with Gasteiger partial charge in [-0.25, -0.2) is 12.8 Å². The fraction of sp³-hybridized carbons (Fsp3) is 0.333. The molecule has 0 aliphatic carbocycles. The Balaban J connectivity index is 2.21. The van der Waals surface area contributed by atoms with Crippen LogP contribution in [-0.2, 0) is 14.8 Å². The minimum absolute atomic E-state index is 0.173. The van der Waals surface area contributed by atoms with Gasteiger partial charge in [0.1, 0.15) is 5.82 Å². The van der Waals surface area contributed by atoms with Crippen LogP contribution in [0.25, 0.3) is 0 Å². The van der Waals surface area contributed by atoms with Gasteiger partial charge in [-0.05, 0) is 36.6 Å². The molecule has 31 heavy (non-hydrogen) atoms. The van der Waals surface area contributed by atoms with Crippen molar-refractivity contribution in [3.8, 4) is 0 Å². The maximum atomic E-state index is 14.4. The van der Waals surface area contributed by atoms with Crippen molar-refractivity contribution in [2.75, 3.05) is 38.3 Å². The van der Waals surface area contributed by atoms with Crippen LogP contribution in [-0.4, -0.2) is 62.4 Å². The molecule has 2 amide bonds. The molecule has 0 bridgehead atoms. The summed E-state index contributed by atoms with van der Waals surface area (Å²) in [5, 5.41) is 2.73. The molecule has 1 N–H and O–H groups in total. The molecule has 0 aliphatic heterocycles. The first-order valence-corrected chi connectivity index (χ1v) is 12.3. The third kappa shape index (κ3) is 5.84. The summed E-state index contributed by atoms with van der Waals surface area (Å²) >= 11 is 1.47. The van der Waals surface area contributed by atoms with Gasteiger partial charge in [0.05, 0.1) is 22.7 Å². The number of hydrogen-bond donors (Lipinski definition) is 1. The summed E-state index contributed by atoms with van der Waals surface area (Å²) in [5.41, 5.74) is 0.201. The highest BCUT2D eigenvalue weighted by molar-refractivity contribution is 7.98. The topological polar surface area (TPSA) is 86.8 Å². The van der Waals surface area contributed by atoms with E-state index in [0.717, 1.165) is 28.0 Å². The molecule has 0 aromatic heterocycles. The van der Waals surface area contributed by atoms with Crippen LogP contribution in [0.1, 0.15) is 24.2 Å². The van der Waals surface area contributed by atoms with Gasteiger partial charge in [-0.3, -0.25) is 9.59 Å². The number of anilines is 1. The number of halogens is 1. The van der Waals surface area contributed by atoms with Gasteiger partial charge in [0.15, 0.2) is 0 Å². The van der Waals surface area contributed by atoms with Crippen molar-refractivity contribution in [1.82, 2.24) is 9.21 Å². The molecule has 2 aromatic rings. The molecule has 0 fully saturated rings. The van der Waals surface area contributed by atoms with Crippen molar-refractivity contribution in [2.24, 2.45) is 0 Å². The van der Waals surface area contributed by atoms with Crippen LogP contribution in [0.15, 0.2) is 52.3 Å². The Morgan fingerprint density at radius 1 is 1.10 bits per heavy atom. The van der Waals surface area contributed by atoms with Gasteiger partial charge in [-0.1, -0.05) is 26.0 Å². The van der Waals surface area contributed by atoms with Gasteiger partial charge in [-0.15, -0.1) is 11.8 Å². The van der Waals surface area contributed by atoms with Crippen LogP contribution in [0.5, 0.6) is 0 Å². The molecule has 0 aliphatic rings. The lowest BCUT2D eigenvalue weighted by atomic mass is 10.2. The number of thioether (sulfide) groups is 1. The van der Waals surface area contributed by atoms with E-state index >= 15 is 0 Å². The second kappa shape index (κ2) is 10.7. The van der Waals surface area contributed by atoms with Gasteiger partial charge in [0.25, 0.3) is 5.91 Å². The predicted molar refractivity (Wildman–Crippen MR) is 120 cm³/mol. The fourth-order valence-electron chi connectivity index (χ4n) is 2.97. The number of nitrogens with one attached hydrogen (secondary N) is 1. The van der Waals surface area contributed by atoms with Crippen molar-refractivity contribution in [1.29, 1.82) is 0 Å². The second-order valence-electron chi connectivity index (χ2n) is 6.64. The summed E-state index contributed by atoms with van der Waals surface area (Å²) in [5.74, 6) is -2.10. The Bertz CT molecular complexity index is 1060. The van der Waals surface area contributed by atoms with E-state index in [2.05, 4.69) is 5.32 Å². The maximum absolute atomic E-state index is 14.4. The molecular formula is C21H26FN3O4S2. The van der Waals surface area contributed by atoms with Crippen molar-refractivity contribution in [2.45, 2.75) is 23.6 Å². The standard InChI is InChI=1S/C21H26FN3O4S2/c1-5-25(6-2)31(28,29)15-11-12-17(22)16(13-15)21(27)24(3)14-20(26)23-18-9-7-8-10-19(18)30-4/h7-13H,5-6,14H2,1-4H3,(H,23,26). The first-order valence-electron chi connectivity index (χ1n) is 9.63. The molecule has 0 heterocycles. The summed E-state index contributed by atoms with van der Waals surface area (Å²) in [7, 11) is -2.50. The average Bonchev–Trinajstić information content (AvgIpc) is 2.74. The number of carbonyl (C=O) groups excluding carboxylic acids is 2. The lowest BCUT2D eigenvalue weighted by Crippen LogP contribution is -2.36. The molecule has 0 spiro atoms. The summed E-state index contributed by atoms with van der Waals surface area (Å²) in [4.78, 5) is 26.9. The number of amides is 2. The molecule has 2 aromatic carbocycles. The quantitative estimate of drug-likeness (QED) is 0.572. The first-order chi connectivity index (χ1) is 14.6. The molecule has 2 rings (SSSR count). The van der Waals surface area contributed by atoms with Crippen molar-refractivity contribution in [3.63, 3.8) is 0 Å². The molecule has 0 saturated heterocycles. The van der Waals surface area contributed by atoms with E-state index in [1.165, 1.54) is 23.1 Å². The summed E-state index contributed by atoms with van der Waals surface area (Å²) in [6, 6.07) is 10.3. The lowest BCUT2D eigenvalue weighted by Gasteiger charge is -2.20. The van der Waals surface area contributed by atoms with Gasteiger partial charge in [0.2, 0.25) is 15.9 Å². The van der Waals surface area contributed by atoms with E-state index in [0.29, 0.717) is 5.69 Å². The Hall–Kier alpha value is -2.43. The first kappa shape index (κ1) is 24.8. The summed E-state index contributed by atoms with van der Waals surface area (Å²) < 4.78 is 41.0. The zero-order valence-electron chi connectivity index (χ0n) is 17.9. The number of sulfonamides is 1. The predicted octanol–water partition coefficient (Wildman–Crippen LogP) is 3.29. The third-order valence-corrected chi connectivity index (χ3v) is 7.46. The normalized spacial score (nSPS) is 11.4. The zero-order chi connectivity index (χ0) is 23.2. The Labute approximate surface area is 186 Å². The van der Waals surface area contributed by atoms with Crippen LogP contribution >= 0.6 is 11.8 Å². The monoisotopic (exact) mass is 467 g/mol. The number of rotatable bonds is 9. The fourth-order valence-corrected chi connectivity index (χ4v) is 5.01. The Morgan fingerprint density at radius 2 is 1.74 bits per heavy atom. The van der Waals surface area contributed by atoms with Gasteiger partial charge in [-0.2, -0.15) is 4.31 Å². The lowest BCUT2D eigenvalue weighted by molar-refractivity contribution is -0.116. The smallest absolute Gasteiger partial charge is 0.257 e. The summed E-state index contributed by atoms with van der Waals surface area (Å²) in [6.45, 7) is 3.55. The van der Waals surface area contributed by atoms with Crippen LogP contribution in [0.3, 0.4) is 0 Å². The minimum atomic E-state index is -3.86. The van der Waals surface area contributed by atoms with E-state index in [9.17, 15) is 22.4 Å². The van der Waals surface area contributed by atoms with Crippen molar-refractivity contribution >= 4 is 39.3 Å². The number of para-hydroxylation sites is 1. The molecule has 168 valence electrons. The number of carbonyl (C=O) groups is 2. The maximum Gasteiger partial charge on any atom is 0.257 e. The summed E-state index contributed by atoms with van der Waals surface area (Å²) in [6.07, 6.45) is 1.88. The van der Waals surface area contributed by atoms with Crippen LogP contribution in [0, 0.1) is 5.82 Å². The van der Waals surface area contributed by atoms with E-state index < -0.39 is 33.2 Å². The Morgan fingerprint density at radius 3 is 2.35 bits per heavy atom. The molecule has 7 nitrogen and oxygen atoms in total. The SMILES string of the molecule is CCN(CC)S(=O)(=O)c1ccc(F)c(C(=O)N(C)CC(=O)Nc2ccccc2SC)c1. The number of hydrogen-bond acceptors (Lipinski definition) is 5. The highest BCUT2D eigenvalue weighted by Gasteiger charge is 2.26. The van der Waals surface area contributed by atoms with Crippen LogP contribution in [0.2, 0.25) is 0 Å². The number of nitrogens with zero attached hydrogens (tertiary/aromatic N) is 2. The third-order valence-electron chi connectivity index (χ3n) is 4.62. The molecule has 0 radical (unpaired) electrons. The highest BCUT2D eigenvalue weighted by atomic mass is 32.2. The van der Waals surface area contributed by atoms with E-state index in [1.807, 2.05) is 18.4 Å². The number of likely N-dealkylation sites (N-methyl/N-ethyl adjacent to an activating group) is 1. The highest BCUT2D eigenvalue weighted by Crippen LogP contribution is 2.24. The van der Waals surface area contributed by atoms with E-state index in [4.69, 9.17) is 0 Å². The molecule has 0 unspecified atom stereocenters. The number of benzene rings is 2. The largest absolute Gasteiger partial charge is 0.332 e. The van der Waals surface area contributed by atoms with Crippen molar-refractivity contribution in [3.05, 3.63) is 53.8 Å². The Kier molecular flexibility index (Phi) is 8.60. The minimum Gasteiger partial charge on any atom is -0.332 e. The van der Waals surface area contributed by atoms with Gasteiger partial charge >= 0.3 is 0 Å². The van der Waals surface area contributed by atoms with E-state index in [-0.39, 0.29) is 24.5 Å². The van der Waals surface area contributed by atoms with Crippen LogP contribution in [0.4, 0.5) is 10.1 Å². The van der Waals surface area contributed by atoms with Crippen LogP contribution < -0.4 is 5.32 Å². The van der Waals surface area contributed by atoms with Gasteiger partial charge < -0.3 is 10.2 Å². The molecule has 0 atom stereocenters. The average molecular weight is 468 g/mol. The molecular weight excluding hydrogens is 441 g/mol. The van der Waals surface area contributed by atoms with E-state index in [1.54, 1.807) is 26.0 Å². The molecule has 10 heteroatoms. The van der Waals surface area contributed by atoms with Gasteiger partial charge in [0, 0.05) is 25.0 Å². The zero-order valence-corrected chi connectivity index (χ0v) is 19.5. The second-order valence-corrected chi connectivity index (χ2v) is 9.43.